The standard InChI is InChI=1S/C24H31N3O6/c1-30-17-7-8-21(31-2)19(14-17)22-15-20(25-33-22)24(29)27(16-18-6-5-13-32-18)12-9-23(28)26-10-3-4-11-26/h7-8,14-15,18H,3-6,9-13,16H2,1-2H3. The molecule has 1 aromatic heterocycles. The quantitative estimate of drug-likeness (QED) is 0.571. The van der Waals surface area contributed by atoms with E-state index in [9.17, 15) is 9.59 Å². The van der Waals surface area contributed by atoms with Crippen molar-refractivity contribution in [1.82, 2.24) is 15.0 Å². The molecule has 0 spiro atoms. The molecule has 9 nitrogen and oxygen atoms in total. The molecule has 2 aromatic rings. The highest BCUT2D eigenvalue weighted by molar-refractivity contribution is 5.93. The topological polar surface area (TPSA) is 94.3 Å². The van der Waals surface area contributed by atoms with Crippen LogP contribution in [0.3, 0.4) is 0 Å². The van der Waals surface area contributed by atoms with Crippen LogP contribution in [0.4, 0.5) is 0 Å². The Morgan fingerprint density at radius 3 is 2.67 bits per heavy atom. The highest BCUT2D eigenvalue weighted by Gasteiger charge is 2.28. The van der Waals surface area contributed by atoms with E-state index in [0.717, 1.165) is 38.8 Å². The summed E-state index contributed by atoms with van der Waals surface area (Å²) in [6.45, 7) is 3.04. The predicted octanol–water partition coefficient (Wildman–Crippen LogP) is 2.99. The summed E-state index contributed by atoms with van der Waals surface area (Å²) >= 11 is 0. The van der Waals surface area contributed by atoms with Crippen LogP contribution in [-0.4, -0.2) is 79.9 Å². The second-order valence-corrected chi connectivity index (χ2v) is 8.37. The van der Waals surface area contributed by atoms with Crippen molar-refractivity contribution in [3.05, 3.63) is 30.0 Å². The van der Waals surface area contributed by atoms with Crippen molar-refractivity contribution in [3.8, 4) is 22.8 Å². The van der Waals surface area contributed by atoms with Crippen molar-refractivity contribution >= 4 is 11.8 Å². The number of carbonyl (C=O) groups is 2. The molecule has 33 heavy (non-hydrogen) atoms. The number of rotatable bonds is 9. The third-order valence-electron chi connectivity index (χ3n) is 6.19. The molecule has 3 heterocycles. The van der Waals surface area contributed by atoms with Crippen LogP contribution in [0.15, 0.2) is 28.8 Å². The zero-order valence-electron chi connectivity index (χ0n) is 19.2. The Morgan fingerprint density at radius 2 is 1.97 bits per heavy atom. The number of ether oxygens (including phenoxy) is 3. The molecule has 2 aliphatic heterocycles. The Hall–Kier alpha value is -3.07. The van der Waals surface area contributed by atoms with Gasteiger partial charge in [0.1, 0.15) is 11.5 Å². The fourth-order valence-electron chi connectivity index (χ4n) is 4.34. The van der Waals surface area contributed by atoms with E-state index in [1.54, 1.807) is 43.4 Å². The van der Waals surface area contributed by atoms with Gasteiger partial charge >= 0.3 is 0 Å². The third kappa shape index (κ3) is 5.47. The number of nitrogens with zero attached hydrogens (tertiary/aromatic N) is 3. The van der Waals surface area contributed by atoms with E-state index < -0.39 is 0 Å². The van der Waals surface area contributed by atoms with Gasteiger partial charge in [0.25, 0.3) is 5.91 Å². The molecule has 0 radical (unpaired) electrons. The molecule has 9 heteroatoms. The molecule has 2 aliphatic rings. The van der Waals surface area contributed by atoms with Gasteiger partial charge in [-0.25, -0.2) is 0 Å². The summed E-state index contributed by atoms with van der Waals surface area (Å²) in [5.41, 5.74) is 0.819. The normalized spacial score (nSPS) is 17.9. The second kappa shape index (κ2) is 10.7. The minimum Gasteiger partial charge on any atom is -0.497 e. The van der Waals surface area contributed by atoms with Gasteiger partial charge in [-0.15, -0.1) is 0 Å². The Labute approximate surface area is 193 Å². The van der Waals surface area contributed by atoms with E-state index in [1.165, 1.54) is 0 Å². The van der Waals surface area contributed by atoms with Crippen molar-refractivity contribution in [2.45, 2.75) is 38.2 Å². The summed E-state index contributed by atoms with van der Waals surface area (Å²) in [4.78, 5) is 29.5. The molecule has 178 valence electrons. The van der Waals surface area contributed by atoms with Gasteiger partial charge in [-0.3, -0.25) is 9.59 Å². The second-order valence-electron chi connectivity index (χ2n) is 8.37. The Balaban J connectivity index is 1.51. The first-order chi connectivity index (χ1) is 16.1. The van der Waals surface area contributed by atoms with Crippen molar-refractivity contribution in [2.24, 2.45) is 0 Å². The van der Waals surface area contributed by atoms with Crippen LogP contribution in [0.25, 0.3) is 11.3 Å². The fraction of sp³-hybridized carbons (Fsp3) is 0.542. The minimum absolute atomic E-state index is 0.0271. The minimum atomic E-state index is -0.281. The summed E-state index contributed by atoms with van der Waals surface area (Å²) in [7, 11) is 3.14. The van der Waals surface area contributed by atoms with Crippen LogP contribution in [0, 0.1) is 0 Å². The van der Waals surface area contributed by atoms with E-state index in [-0.39, 0.29) is 30.0 Å². The maximum atomic E-state index is 13.4. The lowest BCUT2D eigenvalue weighted by atomic mass is 10.1. The SMILES string of the molecule is COc1ccc(OC)c(-c2cc(C(=O)N(CCC(=O)N3CCCC3)CC3CCCO3)no2)c1. The summed E-state index contributed by atoms with van der Waals surface area (Å²) in [5.74, 6) is 1.42. The maximum Gasteiger partial charge on any atom is 0.276 e. The van der Waals surface area contributed by atoms with Gasteiger partial charge < -0.3 is 28.5 Å². The van der Waals surface area contributed by atoms with Crippen molar-refractivity contribution in [3.63, 3.8) is 0 Å². The number of hydrogen-bond donors (Lipinski definition) is 0. The average Bonchev–Trinajstić information content (AvgIpc) is 3.63. The van der Waals surface area contributed by atoms with Gasteiger partial charge in [-0.2, -0.15) is 0 Å². The number of aromatic nitrogens is 1. The number of carbonyl (C=O) groups excluding carboxylic acids is 2. The number of methoxy groups -OCH3 is 2. The van der Waals surface area contributed by atoms with E-state index in [4.69, 9.17) is 18.7 Å². The molecule has 1 aromatic carbocycles. The molecule has 4 rings (SSSR count). The first-order valence-corrected chi connectivity index (χ1v) is 11.5. The van der Waals surface area contributed by atoms with Crippen LogP contribution in [0.1, 0.15) is 42.6 Å². The summed E-state index contributed by atoms with van der Waals surface area (Å²) < 4.78 is 22.0. The predicted molar refractivity (Wildman–Crippen MR) is 120 cm³/mol. The fourth-order valence-corrected chi connectivity index (χ4v) is 4.34. The Morgan fingerprint density at radius 1 is 1.15 bits per heavy atom. The zero-order chi connectivity index (χ0) is 23.2. The lowest BCUT2D eigenvalue weighted by molar-refractivity contribution is -0.130. The zero-order valence-corrected chi connectivity index (χ0v) is 19.2. The molecule has 0 N–H and O–H groups in total. The van der Waals surface area contributed by atoms with E-state index in [2.05, 4.69) is 5.16 Å². The molecule has 1 atom stereocenters. The van der Waals surface area contributed by atoms with Gasteiger partial charge in [0.15, 0.2) is 11.5 Å². The van der Waals surface area contributed by atoms with E-state index in [1.807, 2.05) is 4.90 Å². The third-order valence-corrected chi connectivity index (χ3v) is 6.19. The first-order valence-electron chi connectivity index (χ1n) is 11.5. The number of benzene rings is 1. The van der Waals surface area contributed by atoms with Crippen LogP contribution in [0.2, 0.25) is 0 Å². The highest BCUT2D eigenvalue weighted by Crippen LogP contribution is 2.34. The van der Waals surface area contributed by atoms with Crippen LogP contribution in [0.5, 0.6) is 11.5 Å². The monoisotopic (exact) mass is 457 g/mol. The molecular formula is C24H31N3O6. The van der Waals surface area contributed by atoms with Gasteiger partial charge in [-0.1, -0.05) is 5.16 Å². The van der Waals surface area contributed by atoms with Crippen LogP contribution in [-0.2, 0) is 9.53 Å². The summed E-state index contributed by atoms with van der Waals surface area (Å²) in [5, 5.41) is 4.02. The van der Waals surface area contributed by atoms with Gasteiger partial charge in [0.2, 0.25) is 5.91 Å². The number of hydrogen-bond acceptors (Lipinski definition) is 7. The average molecular weight is 458 g/mol. The van der Waals surface area contributed by atoms with Crippen LogP contribution < -0.4 is 9.47 Å². The Kier molecular flexibility index (Phi) is 7.49. The smallest absolute Gasteiger partial charge is 0.276 e. The molecule has 2 amide bonds. The lowest BCUT2D eigenvalue weighted by Crippen LogP contribution is -2.40. The summed E-state index contributed by atoms with van der Waals surface area (Å²) in [6, 6.07) is 6.92. The van der Waals surface area contributed by atoms with Gasteiger partial charge in [0, 0.05) is 45.3 Å². The van der Waals surface area contributed by atoms with E-state index in [0.29, 0.717) is 42.5 Å². The first kappa shape index (κ1) is 23.1. The van der Waals surface area contributed by atoms with Gasteiger partial charge in [0.05, 0.1) is 25.9 Å². The van der Waals surface area contributed by atoms with E-state index >= 15 is 0 Å². The largest absolute Gasteiger partial charge is 0.497 e. The summed E-state index contributed by atoms with van der Waals surface area (Å²) in [6.07, 6.45) is 4.21. The number of amides is 2. The maximum absolute atomic E-state index is 13.4. The van der Waals surface area contributed by atoms with Crippen LogP contribution >= 0.6 is 0 Å². The Bertz CT molecular complexity index is 963. The molecule has 0 aliphatic carbocycles. The van der Waals surface area contributed by atoms with Crippen molar-refractivity contribution in [1.29, 1.82) is 0 Å². The van der Waals surface area contributed by atoms with Crippen molar-refractivity contribution < 1.29 is 28.3 Å². The number of likely N-dealkylation sites (tertiary alicyclic amines) is 1. The molecular weight excluding hydrogens is 426 g/mol. The molecule has 2 saturated heterocycles. The molecule has 2 fully saturated rings. The van der Waals surface area contributed by atoms with Gasteiger partial charge in [-0.05, 0) is 43.9 Å². The molecule has 0 saturated carbocycles. The molecule has 1 unspecified atom stereocenters. The lowest BCUT2D eigenvalue weighted by Gasteiger charge is -2.25. The van der Waals surface area contributed by atoms with Crippen molar-refractivity contribution in [2.75, 3.05) is 47.0 Å². The molecule has 0 bridgehead atoms. The highest BCUT2D eigenvalue weighted by atomic mass is 16.5.